The quantitative estimate of drug-likeness (QED) is 0.644. The van der Waals surface area contributed by atoms with Crippen molar-refractivity contribution in [3.05, 3.63) is 85.2 Å². The summed E-state index contributed by atoms with van der Waals surface area (Å²) in [6, 6.07) is 15.4. The maximum atomic E-state index is 11.4. The van der Waals surface area contributed by atoms with Crippen LogP contribution >= 0.6 is 43.2 Å². The molecule has 3 rings (SSSR count). The third-order valence-corrected chi connectivity index (χ3v) is 5.25. The molecule has 0 aliphatic heterocycles. The molecule has 0 fully saturated rings. The Hall–Kier alpha value is -1.01. The zero-order valence-corrected chi connectivity index (χ0v) is 14.8. The lowest BCUT2D eigenvalue weighted by Crippen LogP contribution is -2.27. The zero-order valence-electron chi connectivity index (χ0n) is 10.8. The smallest absolute Gasteiger partial charge is 0.151 e. The van der Waals surface area contributed by atoms with E-state index >= 15 is 0 Å². The van der Waals surface area contributed by atoms with Crippen LogP contribution in [0.3, 0.4) is 0 Å². The van der Waals surface area contributed by atoms with Crippen LogP contribution in [-0.4, -0.2) is 10.1 Å². The monoisotopic (exact) mass is 423 g/mol. The van der Waals surface area contributed by atoms with E-state index in [1.165, 1.54) is 11.3 Å². The van der Waals surface area contributed by atoms with Crippen LogP contribution in [0.25, 0.3) is 0 Å². The number of nitrogens with zero attached hydrogens (tertiary/aromatic N) is 1. The molecule has 0 spiro atoms. The molecule has 0 saturated heterocycles. The van der Waals surface area contributed by atoms with Crippen molar-refractivity contribution in [3.8, 4) is 0 Å². The molecule has 0 aliphatic rings. The molecule has 3 aromatic rings. The van der Waals surface area contributed by atoms with E-state index in [4.69, 9.17) is 0 Å². The maximum absolute atomic E-state index is 11.4. The van der Waals surface area contributed by atoms with Crippen molar-refractivity contribution >= 4 is 43.2 Å². The summed E-state index contributed by atoms with van der Waals surface area (Å²) in [7, 11) is 0. The second kappa shape index (κ2) is 6.01. The number of hydrogen-bond donors (Lipinski definition) is 1. The van der Waals surface area contributed by atoms with Crippen LogP contribution in [0.4, 0.5) is 0 Å². The Kier molecular flexibility index (Phi) is 4.26. The molecule has 0 aliphatic carbocycles. The van der Waals surface area contributed by atoms with E-state index in [2.05, 4.69) is 36.8 Å². The number of aliphatic hydroxyl groups is 1. The first-order valence-corrected chi connectivity index (χ1v) is 8.70. The second-order valence-electron chi connectivity index (χ2n) is 4.59. The van der Waals surface area contributed by atoms with Crippen molar-refractivity contribution in [1.29, 1.82) is 0 Å². The van der Waals surface area contributed by atoms with E-state index in [0.717, 1.165) is 24.9 Å². The second-order valence-corrected chi connectivity index (χ2v) is 7.31. The topological polar surface area (TPSA) is 33.1 Å². The average Bonchev–Trinajstić information content (AvgIpc) is 3.02. The van der Waals surface area contributed by atoms with Crippen LogP contribution in [0.5, 0.6) is 0 Å². The Morgan fingerprint density at radius 1 is 0.857 bits per heavy atom. The van der Waals surface area contributed by atoms with Crippen LogP contribution in [0.1, 0.15) is 16.0 Å². The molecule has 0 radical (unpaired) electrons. The minimum atomic E-state index is -1.19. The molecular weight excluding hydrogens is 414 g/mol. The number of rotatable bonds is 3. The van der Waals surface area contributed by atoms with Gasteiger partial charge in [0.15, 0.2) is 5.60 Å². The van der Waals surface area contributed by atoms with E-state index in [1.807, 2.05) is 48.5 Å². The van der Waals surface area contributed by atoms with E-state index < -0.39 is 5.60 Å². The molecule has 2 nitrogen and oxygen atoms in total. The van der Waals surface area contributed by atoms with Crippen LogP contribution in [0, 0.1) is 0 Å². The molecule has 1 N–H and O–H groups in total. The highest BCUT2D eigenvalue weighted by Crippen LogP contribution is 2.39. The lowest BCUT2D eigenvalue weighted by Gasteiger charge is -2.28. The van der Waals surface area contributed by atoms with Crippen LogP contribution < -0.4 is 0 Å². The van der Waals surface area contributed by atoms with E-state index in [-0.39, 0.29) is 0 Å². The molecule has 0 saturated carbocycles. The Balaban J connectivity index is 2.20. The van der Waals surface area contributed by atoms with E-state index in [9.17, 15) is 5.11 Å². The van der Waals surface area contributed by atoms with Gasteiger partial charge in [-0.05, 0) is 35.4 Å². The Morgan fingerprint density at radius 2 is 1.33 bits per heavy atom. The molecular formula is C16H11Br2NOS. The molecule has 1 aromatic heterocycles. The Labute approximate surface area is 143 Å². The van der Waals surface area contributed by atoms with Crippen LogP contribution in [0.15, 0.2) is 69.2 Å². The van der Waals surface area contributed by atoms with Gasteiger partial charge in [0.05, 0.1) is 10.4 Å². The largest absolute Gasteiger partial charge is 0.375 e. The zero-order chi connectivity index (χ0) is 14.9. The van der Waals surface area contributed by atoms with Crippen LogP contribution in [0.2, 0.25) is 0 Å². The summed E-state index contributed by atoms with van der Waals surface area (Å²) < 4.78 is 1.96. The lowest BCUT2D eigenvalue weighted by atomic mass is 9.85. The molecule has 0 amide bonds. The summed E-state index contributed by atoms with van der Waals surface area (Å²) in [6.45, 7) is 0. The van der Waals surface area contributed by atoms with Crippen molar-refractivity contribution in [2.75, 3.05) is 0 Å². The third-order valence-electron chi connectivity index (χ3n) is 3.31. The first-order valence-electron chi connectivity index (χ1n) is 6.24. The highest BCUT2D eigenvalue weighted by Gasteiger charge is 2.35. The molecule has 21 heavy (non-hydrogen) atoms. The van der Waals surface area contributed by atoms with Gasteiger partial charge in [-0.15, -0.1) is 11.3 Å². The normalized spacial score (nSPS) is 11.6. The predicted molar refractivity (Wildman–Crippen MR) is 92.5 cm³/mol. The lowest BCUT2D eigenvalue weighted by molar-refractivity contribution is 0.129. The summed E-state index contributed by atoms with van der Waals surface area (Å²) in [5.41, 5.74) is 2.18. The maximum Gasteiger partial charge on any atom is 0.151 e. The molecule has 0 bridgehead atoms. The van der Waals surface area contributed by atoms with Crippen molar-refractivity contribution < 1.29 is 5.11 Å². The fraction of sp³-hybridized carbons (Fsp3) is 0.0625. The number of halogens is 2. The SMILES string of the molecule is OC(c1ccc(Br)cc1)(c1ccc(Br)cc1)c1cncs1. The Morgan fingerprint density at radius 3 is 1.71 bits per heavy atom. The third kappa shape index (κ3) is 2.83. The molecule has 2 aromatic carbocycles. The highest BCUT2D eigenvalue weighted by molar-refractivity contribution is 9.10. The van der Waals surface area contributed by atoms with Crippen molar-refractivity contribution in [2.45, 2.75) is 5.60 Å². The summed E-state index contributed by atoms with van der Waals surface area (Å²) in [5, 5.41) is 11.4. The molecule has 0 unspecified atom stereocenters. The molecule has 0 atom stereocenters. The number of hydrogen-bond acceptors (Lipinski definition) is 3. The number of benzene rings is 2. The highest BCUT2D eigenvalue weighted by atomic mass is 79.9. The van der Waals surface area contributed by atoms with Gasteiger partial charge in [-0.2, -0.15) is 0 Å². The first kappa shape index (κ1) is 14.9. The van der Waals surface area contributed by atoms with Gasteiger partial charge in [0.25, 0.3) is 0 Å². The van der Waals surface area contributed by atoms with Gasteiger partial charge in [-0.25, -0.2) is 0 Å². The summed E-state index contributed by atoms with van der Waals surface area (Å²) in [5.74, 6) is 0. The number of thiazole rings is 1. The van der Waals surface area contributed by atoms with Gasteiger partial charge in [0, 0.05) is 15.1 Å². The van der Waals surface area contributed by atoms with Gasteiger partial charge in [-0.3, -0.25) is 4.98 Å². The predicted octanol–water partition coefficient (Wildman–Crippen LogP) is 4.95. The molecule has 106 valence electrons. The van der Waals surface area contributed by atoms with E-state index in [1.54, 1.807) is 11.7 Å². The fourth-order valence-corrected chi connectivity index (χ4v) is 3.52. The van der Waals surface area contributed by atoms with Gasteiger partial charge >= 0.3 is 0 Å². The minimum absolute atomic E-state index is 0.798. The first-order chi connectivity index (χ1) is 10.1. The summed E-state index contributed by atoms with van der Waals surface area (Å²) >= 11 is 8.30. The standard InChI is InChI=1S/C16H11Br2NOS/c17-13-5-1-11(2-6-13)16(20,15-9-19-10-21-15)12-3-7-14(18)8-4-12/h1-10,20H. The Bertz CT molecular complexity index is 678. The minimum Gasteiger partial charge on any atom is -0.375 e. The van der Waals surface area contributed by atoms with Crippen LogP contribution in [-0.2, 0) is 5.60 Å². The van der Waals surface area contributed by atoms with Crippen molar-refractivity contribution in [3.63, 3.8) is 0 Å². The summed E-state index contributed by atoms with van der Waals surface area (Å²) in [4.78, 5) is 4.91. The average molecular weight is 425 g/mol. The number of aromatic nitrogens is 1. The van der Waals surface area contributed by atoms with Crippen molar-refractivity contribution in [1.82, 2.24) is 4.98 Å². The fourth-order valence-electron chi connectivity index (χ4n) is 2.23. The molecule has 5 heteroatoms. The molecule has 1 heterocycles. The summed E-state index contributed by atoms with van der Waals surface area (Å²) in [6.07, 6.45) is 1.72. The van der Waals surface area contributed by atoms with E-state index in [0.29, 0.717) is 0 Å². The van der Waals surface area contributed by atoms with Gasteiger partial charge in [0.2, 0.25) is 0 Å². The van der Waals surface area contributed by atoms with Gasteiger partial charge in [0.1, 0.15) is 0 Å². The van der Waals surface area contributed by atoms with Gasteiger partial charge in [-0.1, -0.05) is 56.1 Å². The van der Waals surface area contributed by atoms with Crippen molar-refractivity contribution in [2.24, 2.45) is 0 Å². The van der Waals surface area contributed by atoms with Gasteiger partial charge < -0.3 is 5.11 Å².